The first kappa shape index (κ1) is 14.8. The van der Waals surface area contributed by atoms with Crippen LogP contribution in [-0.4, -0.2) is 29.0 Å². The monoisotopic (exact) mass is 316 g/mol. The van der Waals surface area contributed by atoms with Gasteiger partial charge >= 0.3 is 5.69 Å². The third kappa shape index (κ3) is 2.00. The van der Waals surface area contributed by atoms with Crippen LogP contribution in [0.25, 0.3) is 16.9 Å². The van der Waals surface area contributed by atoms with Crippen LogP contribution in [0.5, 0.6) is 0 Å². The van der Waals surface area contributed by atoms with Crippen molar-refractivity contribution in [3.8, 4) is 0 Å². The Morgan fingerprint density at radius 2 is 2.09 bits per heavy atom. The van der Waals surface area contributed by atoms with Gasteiger partial charge in [0.05, 0.1) is 0 Å². The third-order valence-electron chi connectivity index (χ3n) is 3.77. The number of carbonyl (C=O) groups excluding carboxylic acids is 1. The summed E-state index contributed by atoms with van der Waals surface area (Å²) in [7, 11) is 1.50. The van der Waals surface area contributed by atoms with Gasteiger partial charge in [0.1, 0.15) is 6.54 Å². The highest BCUT2D eigenvalue weighted by Gasteiger charge is 2.20. The minimum atomic E-state index is -0.760. The summed E-state index contributed by atoms with van der Waals surface area (Å²) in [4.78, 5) is 40.5. The van der Waals surface area contributed by atoms with Crippen LogP contribution in [-0.2, 0) is 24.9 Å². The number of imidazole rings is 2. The predicted molar refractivity (Wildman–Crippen MR) is 84.3 cm³/mol. The van der Waals surface area contributed by atoms with Crippen molar-refractivity contribution < 1.29 is 4.79 Å². The van der Waals surface area contributed by atoms with Gasteiger partial charge in [-0.2, -0.15) is 4.98 Å². The van der Waals surface area contributed by atoms with Crippen LogP contribution < -0.4 is 17.0 Å². The highest BCUT2D eigenvalue weighted by Crippen LogP contribution is 2.15. The molecule has 0 saturated heterocycles. The minimum Gasteiger partial charge on any atom is -0.368 e. The summed E-state index contributed by atoms with van der Waals surface area (Å²) in [5.74, 6) is -0.231. The van der Waals surface area contributed by atoms with Gasteiger partial charge in [-0.25, -0.2) is 9.36 Å². The number of allylic oxidation sites excluding steroid dienone is 1. The summed E-state index contributed by atoms with van der Waals surface area (Å²) in [6.07, 6.45) is 3.48. The molecule has 3 rings (SSSR count). The van der Waals surface area contributed by atoms with Gasteiger partial charge < -0.3 is 10.3 Å². The standard InChI is InChI=1S/C14H16N6O3/c1-4-5-18-8(2)6-19-10-11(16-13(18)19)17(3)14(23)20(12(10)22)7-9(15)21/h4,6H,1,5,7H2,2-3H3,(H2,15,21). The summed E-state index contributed by atoms with van der Waals surface area (Å²) in [5.41, 5.74) is 5.29. The first-order valence-corrected chi connectivity index (χ1v) is 6.93. The molecule has 3 aromatic rings. The quantitative estimate of drug-likeness (QED) is 0.631. The average Bonchev–Trinajstić information content (AvgIpc) is 2.98. The van der Waals surface area contributed by atoms with Crippen LogP contribution in [0.2, 0.25) is 0 Å². The Morgan fingerprint density at radius 1 is 1.39 bits per heavy atom. The van der Waals surface area contributed by atoms with Crippen molar-refractivity contribution in [3.63, 3.8) is 0 Å². The molecule has 0 unspecified atom stereocenters. The molecule has 3 aromatic heterocycles. The number of rotatable bonds is 4. The van der Waals surface area contributed by atoms with Crippen molar-refractivity contribution in [1.82, 2.24) is 23.1 Å². The molecule has 0 fully saturated rings. The van der Waals surface area contributed by atoms with Crippen LogP contribution in [0.15, 0.2) is 28.4 Å². The van der Waals surface area contributed by atoms with E-state index in [1.165, 1.54) is 11.6 Å². The molecular weight excluding hydrogens is 300 g/mol. The number of primary amides is 1. The molecule has 120 valence electrons. The van der Waals surface area contributed by atoms with E-state index in [0.717, 1.165) is 10.3 Å². The first-order chi connectivity index (χ1) is 10.9. The van der Waals surface area contributed by atoms with Gasteiger partial charge in [-0.3, -0.25) is 18.6 Å². The summed E-state index contributed by atoms with van der Waals surface area (Å²) < 4.78 is 5.54. The molecule has 0 bridgehead atoms. The van der Waals surface area contributed by atoms with Gasteiger partial charge in [0.25, 0.3) is 5.56 Å². The molecule has 0 saturated carbocycles. The maximum Gasteiger partial charge on any atom is 0.332 e. The van der Waals surface area contributed by atoms with Gasteiger partial charge in [0.2, 0.25) is 11.7 Å². The van der Waals surface area contributed by atoms with E-state index in [4.69, 9.17) is 5.73 Å². The second-order valence-electron chi connectivity index (χ2n) is 5.32. The maximum absolute atomic E-state index is 12.6. The van der Waals surface area contributed by atoms with Crippen molar-refractivity contribution in [3.05, 3.63) is 45.4 Å². The molecule has 0 atom stereocenters. The van der Waals surface area contributed by atoms with Gasteiger partial charge in [-0.1, -0.05) is 6.08 Å². The van der Waals surface area contributed by atoms with Crippen molar-refractivity contribution in [2.24, 2.45) is 12.8 Å². The van der Waals surface area contributed by atoms with Crippen LogP contribution in [0.3, 0.4) is 0 Å². The maximum atomic E-state index is 12.6. The van der Waals surface area contributed by atoms with Crippen molar-refractivity contribution in [2.75, 3.05) is 0 Å². The Morgan fingerprint density at radius 3 is 2.70 bits per heavy atom. The van der Waals surface area contributed by atoms with Gasteiger partial charge in [-0.15, -0.1) is 6.58 Å². The zero-order chi connectivity index (χ0) is 16.9. The number of amides is 1. The second kappa shape index (κ2) is 4.97. The average molecular weight is 316 g/mol. The van der Waals surface area contributed by atoms with E-state index in [1.54, 1.807) is 16.7 Å². The summed E-state index contributed by atoms with van der Waals surface area (Å²) in [6.45, 7) is 5.64. The van der Waals surface area contributed by atoms with Gasteiger partial charge in [0, 0.05) is 25.5 Å². The summed E-state index contributed by atoms with van der Waals surface area (Å²) in [6, 6.07) is 0. The van der Waals surface area contributed by atoms with E-state index in [1.807, 2.05) is 11.5 Å². The molecule has 0 aromatic carbocycles. The van der Waals surface area contributed by atoms with Gasteiger partial charge in [0.15, 0.2) is 11.2 Å². The molecule has 1 amide bonds. The summed E-state index contributed by atoms with van der Waals surface area (Å²) >= 11 is 0. The minimum absolute atomic E-state index is 0.231. The van der Waals surface area contributed by atoms with E-state index in [-0.39, 0.29) is 11.2 Å². The SMILES string of the molecule is C=CCn1c(C)cn2c3c(=O)n(CC(N)=O)c(=O)n(C)c3nc12. The molecule has 0 aliphatic heterocycles. The summed E-state index contributed by atoms with van der Waals surface area (Å²) in [5, 5.41) is 0. The van der Waals surface area contributed by atoms with E-state index >= 15 is 0 Å². The number of nitrogens with zero attached hydrogens (tertiary/aromatic N) is 5. The van der Waals surface area contributed by atoms with Gasteiger partial charge in [-0.05, 0) is 6.92 Å². The number of hydrogen-bond acceptors (Lipinski definition) is 4. The highest BCUT2D eigenvalue weighted by atomic mass is 16.2. The number of aromatic nitrogens is 5. The lowest BCUT2D eigenvalue weighted by atomic mass is 10.4. The molecular formula is C14H16N6O3. The van der Waals surface area contributed by atoms with Crippen molar-refractivity contribution in [2.45, 2.75) is 20.0 Å². The lowest BCUT2D eigenvalue weighted by Gasteiger charge is -2.05. The number of hydrogen-bond donors (Lipinski definition) is 1. The normalized spacial score (nSPS) is 11.4. The van der Waals surface area contributed by atoms with Crippen LogP contribution in [0, 0.1) is 6.92 Å². The lowest BCUT2D eigenvalue weighted by Crippen LogP contribution is -2.42. The molecule has 0 aliphatic carbocycles. The predicted octanol–water partition coefficient (Wildman–Crippen LogP) is -0.871. The smallest absolute Gasteiger partial charge is 0.332 e. The molecule has 0 radical (unpaired) electrons. The topological polar surface area (TPSA) is 109 Å². The molecule has 23 heavy (non-hydrogen) atoms. The number of carbonyl (C=O) groups is 1. The number of nitrogens with two attached hydrogens (primary N) is 1. The van der Waals surface area contributed by atoms with Crippen molar-refractivity contribution >= 4 is 22.8 Å². The fraction of sp³-hybridized carbons (Fsp3) is 0.286. The Balaban J connectivity index is 2.50. The Hall–Kier alpha value is -3.10. The zero-order valence-corrected chi connectivity index (χ0v) is 12.8. The van der Waals surface area contributed by atoms with Crippen LogP contribution >= 0.6 is 0 Å². The number of aryl methyl sites for hydroxylation is 2. The van der Waals surface area contributed by atoms with E-state index < -0.39 is 23.7 Å². The van der Waals surface area contributed by atoms with E-state index in [0.29, 0.717) is 12.3 Å². The largest absolute Gasteiger partial charge is 0.368 e. The Kier molecular flexibility index (Phi) is 3.20. The van der Waals surface area contributed by atoms with Crippen LogP contribution in [0.1, 0.15) is 5.69 Å². The number of fused-ring (bicyclic) bond motifs is 3. The zero-order valence-electron chi connectivity index (χ0n) is 12.8. The Bertz CT molecular complexity index is 1080. The fourth-order valence-corrected chi connectivity index (χ4v) is 2.71. The molecule has 3 heterocycles. The molecule has 9 heteroatoms. The van der Waals surface area contributed by atoms with E-state index in [2.05, 4.69) is 11.6 Å². The highest BCUT2D eigenvalue weighted by molar-refractivity contribution is 5.77. The third-order valence-corrected chi connectivity index (χ3v) is 3.77. The molecule has 9 nitrogen and oxygen atoms in total. The Labute approximate surface area is 129 Å². The van der Waals surface area contributed by atoms with E-state index in [9.17, 15) is 14.4 Å². The molecule has 2 N–H and O–H groups in total. The van der Waals surface area contributed by atoms with Crippen molar-refractivity contribution in [1.29, 1.82) is 0 Å². The second-order valence-corrected chi connectivity index (χ2v) is 5.32. The lowest BCUT2D eigenvalue weighted by molar-refractivity contribution is -0.118. The first-order valence-electron chi connectivity index (χ1n) is 6.93. The molecule has 0 aliphatic rings. The van der Waals surface area contributed by atoms with Crippen LogP contribution in [0.4, 0.5) is 0 Å². The molecule has 0 spiro atoms. The fourth-order valence-electron chi connectivity index (χ4n) is 2.71.